The fourth-order valence-corrected chi connectivity index (χ4v) is 2.09. The second-order valence-electron chi connectivity index (χ2n) is 2.71. The second-order valence-corrected chi connectivity index (χ2v) is 4.14. The first-order valence-corrected chi connectivity index (χ1v) is 5.05. The van der Waals surface area contributed by atoms with Crippen LogP contribution in [0, 0.1) is 4.91 Å². The molecule has 2 rings (SSSR count). The minimum Gasteiger partial charge on any atom is -0.312 e. The highest BCUT2D eigenvalue weighted by Crippen LogP contribution is 2.25. The van der Waals surface area contributed by atoms with Gasteiger partial charge in [-0.2, -0.15) is 0 Å². The lowest BCUT2D eigenvalue weighted by molar-refractivity contribution is 1.01. The SMILES string of the molecule is O=NC(Cl)c1ccc2[nH]c(=O)sc2c1. The third kappa shape index (κ3) is 1.56. The molecule has 1 aromatic carbocycles. The van der Waals surface area contributed by atoms with Crippen molar-refractivity contribution in [1.29, 1.82) is 0 Å². The quantitative estimate of drug-likeness (QED) is 0.488. The van der Waals surface area contributed by atoms with Gasteiger partial charge in [0.25, 0.3) is 0 Å². The number of rotatable bonds is 2. The van der Waals surface area contributed by atoms with Crippen LogP contribution in [0.3, 0.4) is 0 Å². The van der Waals surface area contributed by atoms with E-state index in [4.69, 9.17) is 11.6 Å². The van der Waals surface area contributed by atoms with Crippen LogP contribution in [0.4, 0.5) is 0 Å². The second kappa shape index (κ2) is 3.51. The van der Waals surface area contributed by atoms with Crippen LogP contribution in [-0.4, -0.2) is 4.98 Å². The van der Waals surface area contributed by atoms with Gasteiger partial charge in [0.15, 0.2) is 5.50 Å². The molecule has 0 saturated carbocycles. The molecular weight excluding hydrogens is 224 g/mol. The molecule has 0 aliphatic heterocycles. The molecule has 1 heterocycles. The number of alkyl halides is 1. The van der Waals surface area contributed by atoms with Gasteiger partial charge >= 0.3 is 4.87 Å². The van der Waals surface area contributed by atoms with Gasteiger partial charge in [-0.05, 0) is 22.9 Å². The third-order valence-electron chi connectivity index (χ3n) is 1.81. The molecule has 14 heavy (non-hydrogen) atoms. The van der Waals surface area contributed by atoms with E-state index in [2.05, 4.69) is 10.2 Å². The summed E-state index contributed by atoms with van der Waals surface area (Å²) < 4.78 is 0.779. The molecule has 1 atom stereocenters. The van der Waals surface area contributed by atoms with E-state index in [1.165, 1.54) is 0 Å². The minimum atomic E-state index is -0.892. The minimum absolute atomic E-state index is 0.123. The maximum absolute atomic E-state index is 11.0. The average Bonchev–Trinajstić information content (AvgIpc) is 2.55. The van der Waals surface area contributed by atoms with Crippen molar-refractivity contribution < 1.29 is 0 Å². The van der Waals surface area contributed by atoms with Gasteiger partial charge in [0.2, 0.25) is 0 Å². The fourth-order valence-electron chi connectivity index (χ4n) is 1.17. The Kier molecular flexibility index (Phi) is 2.35. The smallest absolute Gasteiger partial charge is 0.305 e. The van der Waals surface area contributed by atoms with E-state index >= 15 is 0 Å². The molecule has 0 radical (unpaired) electrons. The number of benzene rings is 1. The molecule has 0 saturated heterocycles. The number of aromatic amines is 1. The number of halogens is 1. The van der Waals surface area contributed by atoms with Crippen LogP contribution in [0.2, 0.25) is 0 Å². The third-order valence-corrected chi connectivity index (χ3v) is 2.99. The van der Waals surface area contributed by atoms with Crippen molar-refractivity contribution in [2.45, 2.75) is 5.50 Å². The molecule has 0 aliphatic rings. The first-order valence-electron chi connectivity index (χ1n) is 3.80. The van der Waals surface area contributed by atoms with Gasteiger partial charge in [0.1, 0.15) is 0 Å². The molecule has 72 valence electrons. The lowest BCUT2D eigenvalue weighted by atomic mass is 10.2. The Morgan fingerprint density at radius 1 is 1.50 bits per heavy atom. The number of H-pyrrole nitrogens is 1. The Morgan fingerprint density at radius 2 is 2.29 bits per heavy atom. The summed E-state index contributed by atoms with van der Waals surface area (Å²) >= 11 is 6.72. The zero-order valence-corrected chi connectivity index (χ0v) is 8.43. The molecule has 4 nitrogen and oxygen atoms in total. The van der Waals surface area contributed by atoms with E-state index in [1.54, 1.807) is 18.2 Å². The van der Waals surface area contributed by atoms with Gasteiger partial charge in [-0.3, -0.25) is 4.79 Å². The number of hydrogen-bond acceptors (Lipinski definition) is 4. The van der Waals surface area contributed by atoms with E-state index in [9.17, 15) is 9.70 Å². The molecule has 0 aliphatic carbocycles. The van der Waals surface area contributed by atoms with Gasteiger partial charge in [-0.15, -0.1) is 4.91 Å². The summed E-state index contributed by atoms with van der Waals surface area (Å²) in [6, 6.07) is 5.07. The lowest BCUT2D eigenvalue weighted by Crippen LogP contribution is -1.89. The highest BCUT2D eigenvalue weighted by atomic mass is 35.5. The number of aromatic nitrogens is 1. The van der Waals surface area contributed by atoms with Crippen molar-refractivity contribution in [1.82, 2.24) is 4.98 Å². The molecule has 0 amide bonds. The van der Waals surface area contributed by atoms with Gasteiger partial charge < -0.3 is 4.98 Å². The van der Waals surface area contributed by atoms with Gasteiger partial charge in [-0.1, -0.05) is 29.0 Å². The zero-order valence-electron chi connectivity index (χ0n) is 6.86. The van der Waals surface area contributed by atoms with Crippen LogP contribution in [0.15, 0.2) is 28.2 Å². The van der Waals surface area contributed by atoms with E-state index in [-0.39, 0.29) is 4.87 Å². The van der Waals surface area contributed by atoms with Crippen LogP contribution in [-0.2, 0) is 0 Å². The molecule has 0 bridgehead atoms. The first kappa shape index (κ1) is 9.36. The lowest BCUT2D eigenvalue weighted by Gasteiger charge is -1.99. The topological polar surface area (TPSA) is 62.3 Å². The number of fused-ring (bicyclic) bond motifs is 1. The molecule has 6 heteroatoms. The largest absolute Gasteiger partial charge is 0.312 e. The predicted octanol–water partition coefficient (Wildman–Crippen LogP) is 2.59. The summed E-state index contributed by atoms with van der Waals surface area (Å²) in [5.74, 6) is 0. The van der Waals surface area contributed by atoms with Gasteiger partial charge in [0.05, 0.1) is 10.2 Å². The number of hydrogen-bond donors (Lipinski definition) is 1. The molecular formula is C8H5ClN2O2S. The molecule has 0 fully saturated rings. The van der Waals surface area contributed by atoms with Crippen molar-refractivity contribution in [3.05, 3.63) is 38.3 Å². The van der Waals surface area contributed by atoms with Crippen molar-refractivity contribution in [3.63, 3.8) is 0 Å². The summed E-state index contributed by atoms with van der Waals surface area (Å²) in [5.41, 5.74) is 0.458. The summed E-state index contributed by atoms with van der Waals surface area (Å²) in [6.45, 7) is 0. The van der Waals surface area contributed by atoms with Crippen molar-refractivity contribution in [3.8, 4) is 0 Å². The van der Waals surface area contributed by atoms with E-state index in [0.717, 1.165) is 21.6 Å². The number of thiazole rings is 1. The van der Waals surface area contributed by atoms with Crippen molar-refractivity contribution in [2.24, 2.45) is 5.18 Å². The molecule has 1 N–H and O–H groups in total. The Morgan fingerprint density at radius 3 is 3.00 bits per heavy atom. The molecule has 0 spiro atoms. The zero-order chi connectivity index (χ0) is 10.1. The van der Waals surface area contributed by atoms with E-state index in [0.29, 0.717) is 5.56 Å². The normalized spacial score (nSPS) is 12.9. The maximum atomic E-state index is 11.0. The molecule has 1 aromatic heterocycles. The highest BCUT2D eigenvalue weighted by molar-refractivity contribution is 7.16. The summed E-state index contributed by atoms with van der Waals surface area (Å²) in [6.07, 6.45) is 0. The van der Waals surface area contributed by atoms with Crippen LogP contribution in [0.1, 0.15) is 11.1 Å². The maximum Gasteiger partial charge on any atom is 0.305 e. The number of nitrogens with one attached hydrogen (secondary N) is 1. The first-order chi connectivity index (χ1) is 6.70. The molecule has 2 aromatic rings. The van der Waals surface area contributed by atoms with Gasteiger partial charge in [0, 0.05) is 0 Å². The summed E-state index contributed by atoms with van der Waals surface area (Å²) in [7, 11) is 0. The summed E-state index contributed by atoms with van der Waals surface area (Å²) in [4.78, 5) is 23.7. The standard InChI is InChI=1S/C8H5ClN2O2S/c9-7(11-13)4-1-2-5-6(3-4)14-8(12)10-5/h1-3,7H,(H,10,12). The Hall–Kier alpha value is -1.20. The van der Waals surface area contributed by atoms with Crippen LogP contribution in [0.5, 0.6) is 0 Å². The Balaban J connectivity index is 2.61. The van der Waals surface area contributed by atoms with Crippen LogP contribution >= 0.6 is 22.9 Å². The predicted molar refractivity (Wildman–Crippen MR) is 56.8 cm³/mol. The average molecular weight is 229 g/mol. The van der Waals surface area contributed by atoms with Crippen molar-refractivity contribution >= 4 is 33.2 Å². The number of nitrogens with zero attached hydrogens (tertiary/aromatic N) is 1. The van der Waals surface area contributed by atoms with Crippen LogP contribution in [0.25, 0.3) is 10.2 Å². The molecule has 1 unspecified atom stereocenters. The Labute approximate surface area is 87.5 Å². The van der Waals surface area contributed by atoms with E-state index < -0.39 is 5.50 Å². The summed E-state index contributed by atoms with van der Waals surface area (Å²) in [5, 5.41) is 2.70. The monoisotopic (exact) mass is 228 g/mol. The van der Waals surface area contributed by atoms with Crippen molar-refractivity contribution in [2.75, 3.05) is 0 Å². The van der Waals surface area contributed by atoms with Crippen LogP contribution < -0.4 is 4.87 Å². The van der Waals surface area contributed by atoms with Gasteiger partial charge in [-0.25, -0.2) is 0 Å². The highest BCUT2D eigenvalue weighted by Gasteiger charge is 2.08. The number of nitroso groups, excluding NO2 is 1. The Bertz CT molecular complexity index is 533. The fraction of sp³-hybridized carbons (Fsp3) is 0.125. The van der Waals surface area contributed by atoms with E-state index in [1.807, 2.05) is 0 Å².